The van der Waals surface area contributed by atoms with Gasteiger partial charge in [0.25, 0.3) is 5.91 Å². The summed E-state index contributed by atoms with van der Waals surface area (Å²) in [4.78, 5) is 19.8. The van der Waals surface area contributed by atoms with Crippen LogP contribution in [0.1, 0.15) is 30.1 Å². The molecular weight excluding hydrogens is 384 g/mol. The summed E-state index contributed by atoms with van der Waals surface area (Å²) < 4.78 is 0. The van der Waals surface area contributed by atoms with E-state index in [9.17, 15) is 4.79 Å². The van der Waals surface area contributed by atoms with E-state index in [2.05, 4.69) is 27.4 Å². The Morgan fingerprint density at radius 2 is 2.03 bits per heavy atom. The molecule has 1 saturated heterocycles. The SMILES string of the molecule is CCN1CCC[C@H](NC(=O)c2ccccc2Nc2ccnc3c(Cl)cccc23)C1. The third-order valence-electron chi connectivity index (χ3n) is 5.45. The predicted molar refractivity (Wildman–Crippen MR) is 119 cm³/mol. The van der Waals surface area contributed by atoms with Gasteiger partial charge in [-0.3, -0.25) is 9.78 Å². The molecule has 2 aromatic carbocycles. The number of rotatable bonds is 5. The number of likely N-dealkylation sites (N-methyl/N-ethyl adjacent to an activating group) is 1. The molecule has 0 aliphatic carbocycles. The Balaban J connectivity index is 1.58. The van der Waals surface area contributed by atoms with Gasteiger partial charge in [0, 0.05) is 29.9 Å². The van der Waals surface area contributed by atoms with Crippen LogP contribution in [0.25, 0.3) is 10.9 Å². The number of fused-ring (bicyclic) bond motifs is 1. The maximum absolute atomic E-state index is 13.0. The number of nitrogens with one attached hydrogen (secondary N) is 2. The summed E-state index contributed by atoms with van der Waals surface area (Å²) in [5.41, 5.74) is 3.00. The smallest absolute Gasteiger partial charge is 0.253 e. The molecule has 1 aliphatic rings. The van der Waals surface area contributed by atoms with Crippen LogP contribution in [-0.2, 0) is 0 Å². The van der Waals surface area contributed by atoms with Crippen LogP contribution in [0.4, 0.5) is 11.4 Å². The van der Waals surface area contributed by atoms with Crippen LogP contribution in [0, 0.1) is 0 Å². The van der Waals surface area contributed by atoms with Gasteiger partial charge in [-0.15, -0.1) is 0 Å². The summed E-state index contributed by atoms with van der Waals surface area (Å²) in [7, 11) is 0. The van der Waals surface area contributed by atoms with E-state index >= 15 is 0 Å². The fourth-order valence-corrected chi connectivity index (χ4v) is 4.13. The summed E-state index contributed by atoms with van der Waals surface area (Å²) in [5, 5.41) is 8.15. The predicted octanol–water partition coefficient (Wildman–Crippen LogP) is 4.85. The van der Waals surface area contributed by atoms with Gasteiger partial charge < -0.3 is 15.5 Å². The molecule has 1 fully saturated rings. The van der Waals surface area contributed by atoms with E-state index in [0.717, 1.165) is 54.8 Å². The van der Waals surface area contributed by atoms with Gasteiger partial charge in [0.05, 0.1) is 21.8 Å². The highest BCUT2D eigenvalue weighted by Crippen LogP contribution is 2.30. The van der Waals surface area contributed by atoms with E-state index in [1.165, 1.54) is 0 Å². The second kappa shape index (κ2) is 8.80. The zero-order valence-corrected chi connectivity index (χ0v) is 17.2. The minimum absolute atomic E-state index is 0.0487. The summed E-state index contributed by atoms with van der Waals surface area (Å²) >= 11 is 6.29. The first kappa shape index (κ1) is 19.7. The van der Waals surface area contributed by atoms with Gasteiger partial charge in [-0.05, 0) is 50.2 Å². The third-order valence-corrected chi connectivity index (χ3v) is 5.76. The lowest BCUT2D eigenvalue weighted by Crippen LogP contribution is -2.47. The van der Waals surface area contributed by atoms with Crippen molar-refractivity contribution in [3.8, 4) is 0 Å². The Morgan fingerprint density at radius 1 is 1.17 bits per heavy atom. The maximum atomic E-state index is 13.0. The number of hydrogen-bond acceptors (Lipinski definition) is 4. The molecule has 0 bridgehead atoms. The number of pyridine rings is 1. The molecule has 150 valence electrons. The van der Waals surface area contributed by atoms with Gasteiger partial charge in [0.15, 0.2) is 0 Å². The maximum Gasteiger partial charge on any atom is 0.253 e. The largest absolute Gasteiger partial charge is 0.354 e. The third kappa shape index (κ3) is 4.36. The first-order valence-electron chi connectivity index (χ1n) is 10.1. The van der Waals surface area contributed by atoms with Crippen LogP contribution in [0.2, 0.25) is 5.02 Å². The Kier molecular flexibility index (Phi) is 5.97. The molecule has 5 nitrogen and oxygen atoms in total. The van der Waals surface area contributed by atoms with E-state index < -0.39 is 0 Å². The number of halogens is 1. The Labute approximate surface area is 176 Å². The van der Waals surface area contributed by atoms with Crippen molar-refractivity contribution in [3.63, 3.8) is 0 Å². The van der Waals surface area contributed by atoms with Crippen molar-refractivity contribution in [2.24, 2.45) is 0 Å². The number of amides is 1. The van der Waals surface area contributed by atoms with Crippen molar-refractivity contribution in [2.75, 3.05) is 25.0 Å². The lowest BCUT2D eigenvalue weighted by atomic mass is 10.0. The number of aromatic nitrogens is 1. The molecule has 2 heterocycles. The van der Waals surface area contributed by atoms with Crippen LogP contribution in [0.3, 0.4) is 0 Å². The Bertz CT molecular complexity index is 1020. The quantitative estimate of drug-likeness (QED) is 0.633. The van der Waals surface area contributed by atoms with E-state index in [4.69, 9.17) is 11.6 Å². The second-order valence-corrected chi connectivity index (χ2v) is 7.78. The van der Waals surface area contributed by atoms with Crippen molar-refractivity contribution in [3.05, 3.63) is 65.3 Å². The van der Waals surface area contributed by atoms with Gasteiger partial charge in [0.1, 0.15) is 0 Å². The summed E-state index contributed by atoms with van der Waals surface area (Å²) in [6, 6.07) is 15.4. The molecular formula is C23H25ClN4O. The van der Waals surface area contributed by atoms with E-state index in [0.29, 0.717) is 10.6 Å². The molecule has 0 spiro atoms. The van der Waals surface area contributed by atoms with Crippen molar-refractivity contribution in [1.29, 1.82) is 0 Å². The molecule has 0 radical (unpaired) electrons. The lowest BCUT2D eigenvalue weighted by Gasteiger charge is -2.32. The van der Waals surface area contributed by atoms with Crippen LogP contribution in [0.15, 0.2) is 54.7 Å². The number of anilines is 2. The molecule has 0 saturated carbocycles. The van der Waals surface area contributed by atoms with E-state index in [-0.39, 0.29) is 11.9 Å². The highest BCUT2D eigenvalue weighted by atomic mass is 35.5. The monoisotopic (exact) mass is 408 g/mol. The molecule has 4 rings (SSSR count). The zero-order valence-electron chi connectivity index (χ0n) is 16.5. The number of piperidine rings is 1. The number of benzene rings is 2. The highest BCUT2D eigenvalue weighted by molar-refractivity contribution is 6.35. The normalized spacial score (nSPS) is 17.2. The van der Waals surface area contributed by atoms with Gasteiger partial charge in [-0.1, -0.05) is 42.8 Å². The molecule has 1 aliphatic heterocycles. The lowest BCUT2D eigenvalue weighted by molar-refractivity contribution is 0.0906. The van der Waals surface area contributed by atoms with Crippen molar-refractivity contribution in [1.82, 2.24) is 15.2 Å². The minimum atomic E-state index is -0.0487. The molecule has 2 N–H and O–H groups in total. The fourth-order valence-electron chi connectivity index (χ4n) is 3.91. The Hall–Kier alpha value is -2.63. The number of carbonyl (C=O) groups is 1. The second-order valence-electron chi connectivity index (χ2n) is 7.37. The average molecular weight is 409 g/mol. The van der Waals surface area contributed by atoms with Crippen LogP contribution in [0.5, 0.6) is 0 Å². The topological polar surface area (TPSA) is 57.3 Å². The van der Waals surface area contributed by atoms with Crippen LogP contribution in [-0.4, -0.2) is 41.5 Å². The van der Waals surface area contributed by atoms with Crippen LogP contribution >= 0.6 is 11.6 Å². The molecule has 1 aromatic heterocycles. The number of hydrogen-bond donors (Lipinski definition) is 2. The first-order chi connectivity index (χ1) is 14.2. The molecule has 1 amide bonds. The summed E-state index contributed by atoms with van der Waals surface area (Å²) in [5.74, 6) is -0.0487. The number of carbonyl (C=O) groups excluding carboxylic acids is 1. The first-order valence-corrected chi connectivity index (χ1v) is 10.5. The zero-order chi connectivity index (χ0) is 20.2. The minimum Gasteiger partial charge on any atom is -0.354 e. The highest BCUT2D eigenvalue weighted by Gasteiger charge is 2.22. The fraction of sp³-hybridized carbons (Fsp3) is 0.304. The molecule has 29 heavy (non-hydrogen) atoms. The Morgan fingerprint density at radius 3 is 2.90 bits per heavy atom. The summed E-state index contributed by atoms with van der Waals surface area (Å²) in [6.07, 6.45) is 3.86. The van der Waals surface area contributed by atoms with Gasteiger partial charge in [-0.2, -0.15) is 0 Å². The number of para-hydroxylation sites is 2. The molecule has 6 heteroatoms. The number of likely N-dealkylation sites (tertiary alicyclic amines) is 1. The summed E-state index contributed by atoms with van der Waals surface area (Å²) in [6.45, 7) is 5.20. The van der Waals surface area contributed by atoms with E-state index in [1.54, 1.807) is 6.20 Å². The van der Waals surface area contributed by atoms with Gasteiger partial charge >= 0.3 is 0 Å². The molecule has 1 atom stereocenters. The van der Waals surface area contributed by atoms with Crippen molar-refractivity contribution < 1.29 is 4.79 Å². The van der Waals surface area contributed by atoms with Crippen LogP contribution < -0.4 is 10.6 Å². The average Bonchev–Trinajstić information content (AvgIpc) is 2.75. The van der Waals surface area contributed by atoms with Crippen molar-refractivity contribution in [2.45, 2.75) is 25.8 Å². The number of nitrogens with zero attached hydrogens (tertiary/aromatic N) is 2. The molecule has 0 unspecified atom stereocenters. The van der Waals surface area contributed by atoms with Crippen molar-refractivity contribution >= 4 is 39.8 Å². The molecule has 3 aromatic rings. The van der Waals surface area contributed by atoms with E-state index in [1.807, 2.05) is 48.5 Å². The van der Waals surface area contributed by atoms with Gasteiger partial charge in [-0.25, -0.2) is 0 Å². The standard InChI is InChI=1S/C23H25ClN4O/c1-2-28-14-6-7-16(15-28)26-23(29)18-8-3-4-11-20(18)27-21-12-13-25-22-17(21)9-5-10-19(22)24/h3-5,8-13,16H,2,6-7,14-15H2,1H3,(H,25,27)(H,26,29)/t16-/m0/s1. The van der Waals surface area contributed by atoms with Gasteiger partial charge in [0.2, 0.25) is 0 Å².